The van der Waals surface area contributed by atoms with Crippen LogP contribution in [-0.4, -0.2) is 20.2 Å². The number of rotatable bonds is 0. The fraction of sp³-hybridized carbons (Fsp3) is 0. The zero-order valence-corrected chi connectivity index (χ0v) is 5.95. The summed E-state index contributed by atoms with van der Waals surface area (Å²) in [7, 11) is 0. The van der Waals surface area contributed by atoms with Crippen molar-refractivity contribution >= 4 is 20.2 Å². The summed E-state index contributed by atoms with van der Waals surface area (Å²) < 4.78 is 0. The van der Waals surface area contributed by atoms with E-state index < -0.39 is 0 Å². The van der Waals surface area contributed by atoms with Crippen molar-refractivity contribution in [2.24, 2.45) is 0 Å². The average molecular weight is 160 g/mol. The fourth-order valence-corrected chi connectivity index (χ4v) is 0. The van der Waals surface area contributed by atoms with Crippen LogP contribution in [0.4, 0.5) is 0 Å². The van der Waals surface area contributed by atoms with Crippen LogP contribution in [0.1, 0.15) is 0 Å². The van der Waals surface area contributed by atoms with Gasteiger partial charge < -0.3 is 49.6 Å². The summed E-state index contributed by atoms with van der Waals surface area (Å²) in [6, 6.07) is 0. The summed E-state index contributed by atoms with van der Waals surface area (Å²) in [5, 5.41) is 0. The number of hydrogen-bond acceptors (Lipinski definition) is 0. The molecule has 0 rings (SSSR count). The molecule has 0 aliphatic carbocycles. The summed E-state index contributed by atoms with van der Waals surface area (Å²) in [4.78, 5) is 0. The SMILES string of the molecule is [Be+2].[Be+2].[Cl-].[Cl-].[Cl-].[Cl-]. The monoisotopic (exact) mass is 158 g/mol. The van der Waals surface area contributed by atoms with Gasteiger partial charge in [0, 0.05) is 0 Å². The normalized spacial score (nSPS) is 0. The van der Waals surface area contributed by atoms with Crippen molar-refractivity contribution in [1.29, 1.82) is 0 Å². The van der Waals surface area contributed by atoms with Crippen LogP contribution in [0.3, 0.4) is 0 Å². The Balaban J connectivity index is 0. The molecule has 0 saturated carbocycles. The molecule has 0 heterocycles. The van der Waals surface area contributed by atoms with Crippen molar-refractivity contribution < 1.29 is 49.6 Å². The maximum atomic E-state index is 0. The van der Waals surface area contributed by atoms with E-state index in [-0.39, 0.29) is 69.9 Å². The second-order valence-corrected chi connectivity index (χ2v) is 0. The molecule has 0 aliphatic rings. The van der Waals surface area contributed by atoms with Crippen LogP contribution < -0.4 is 49.6 Å². The molecule has 0 spiro atoms. The second kappa shape index (κ2) is 87.6. The first kappa shape index (κ1) is 141. The summed E-state index contributed by atoms with van der Waals surface area (Å²) in [6.45, 7) is 0. The molecule has 0 aliphatic heterocycles. The van der Waals surface area contributed by atoms with Gasteiger partial charge in [0.25, 0.3) is 0 Å². The molecular formula is Be2Cl4. The predicted molar refractivity (Wildman–Crippen MR) is 11.5 cm³/mol. The van der Waals surface area contributed by atoms with E-state index >= 15 is 0 Å². The van der Waals surface area contributed by atoms with Gasteiger partial charge in [-0.25, -0.2) is 0 Å². The topological polar surface area (TPSA) is 0 Å². The third kappa shape index (κ3) is 49.6. The summed E-state index contributed by atoms with van der Waals surface area (Å²) in [5.74, 6) is 0. The minimum Gasteiger partial charge on any atom is -1.00 e. The molecule has 0 aromatic heterocycles. The molecule has 6 heavy (non-hydrogen) atoms. The van der Waals surface area contributed by atoms with Gasteiger partial charge in [-0.3, -0.25) is 0 Å². The first-order valence-electron chi connectivity index (χ1n) is 0. The number of hydrogen-bond donors (Lipinski definition) is 0. The van der Waals surface area contributed by atoms with Crippen LogP contribution in [0, 0.1) is 0 Å². The van der Waals surface area contributed by atoms with Gasteiger partial charge in [0.1, 0.15) is 0 Å². The molecule has 0 fully saturated rings. The van der Waals surface area contributed by atoms with Crippen LogP contribution in [0.25, 0.3) is 0 Å². The van der Waals surface area contributed by atoms with Crippen LogP contribution in [0.15, 0.2) is 0 Å². The fourth-order valence-electron chi connectivity index (χ4n) is 0. The molecule has 0 atom stereocenters. The first-order chi connectivity index (χ1) is 0. The Hall–Kier alpha value is 1.50. The largest absolute Gasteiger partial charge is 2.00 e. The Bertz CT molecular complexity index is 5.51. The van der Waals surface area contributed by atoms with Gasteiger partial charge in [0.2, 0.25) is 0 Å². The van der Waals surface area contributed by atoms with E-state index in [9.17, 15) is 0 Å². The summed E-state index contributed by atoms with van der Waals surface area (Å²) >= 11 is 0. The van der Waals surface area contributed by atoms with Crippen molar-refractivity contribution in [2.75, 3.05) is 0 Å². The van der Waals surface area contributed by atoms with Crippen LogP contribution in [0.5, 0.6) is 0 Å². The Kier molecular flexibility index (Phi) is 2060. The summed E-state index contributed by atoms with van der Waals surface area (Å²) in [6.07, 6.45) is 0. The van der Waals surface area contributed by atoms with Crippen molar-refractivity contribution in [3.8, 4) is 0 Å². The van der Waals surface area contributed by atoms with E-state index in [4.69, 9.17) is 0 Å². The molecule has 0 aromatic rings. The van der Waals surface area contributed by atoms with Crippen molar-refractivity contribution in [3.05, 3.63) is 0 Å². The molecule has 32 valence electrons. The zero-order valence-electron chi connectivity index (χ0n) is 2.93. The summed E-state index contributed by atoms with van der Waals surface area (Å²) in [5.41, 5.74) is 0. The Morgan fingerprint density at radius 2 is 0.333 bits per heavy atom. The maximum absolute atomic E-state index is 0. The molecule has 0 saturated heterocycles. The van der Waals surface area contributed by atoms with Gasteiger partial charge in [-0.15, -0.1) is 0 Å². The third-order valence-electron chi connectivity index (χ3n) is 0. The van der Waals surface area contributed by atoms with Crippen LogP contribution in [-0.2, 0) is 0 Å². The molecule has 0 aromatic carbocycles. The molecule has 0 bridgehead atoms. The van der Waals surface area contributed by atoms with E-state index in [1.165, 1.54) is 0 Å². The van der Waals surface area contributed by atoms with Crippen molar-refractivity contribution in [2.45, 2.75) is 0 Å². The Labute approximate surface area is 69.9 Å². The van der Waals surface area contributed by atoms with Gasteiger partial charge in [0.05, 0.1) is 0 Å². The third-order valence-corrected chi connectivity index (χ3v) is 0. The molecule has 6 heteroatoms. The van der Waals surface area contributed by atoms with Gasteiger partial charge in [-0.2, -0.15) is 0 Å². The van der Waals surface area contributed by atoms with E-state index in [2.05, 4.69) is 0 Å². The van der Waals surface area contributed by atoms with E-state index in [1.807, 2.05) is 0 Å². The van der Waals surface area contributed by atoms with Crippen LogP contribution in [0.2, 0.25) is 0 Å². The molecule has 0 N–H and O–H groups in total. The molecule has 0 radical (unpaired) electrons. The maximum Gasteiger partial charge on any atom is 2.00 e. The second-order valence-electron chi connectivity index (χ2n) is 0. The molecular weight excluding hydrogens is 160 g/mol. The van der Waals surface area contributed by atoms with Gasteiger partial charge in [-0.05, 0) is 0 Å². The molecule has 0 amide bonds. The minimum absolute atomic E-state index is 0. The zero-order chi connectivity index (χ0) is 0. The molecule has 0 nitrogen and oxygen atoms in total. The van der Waals surface area contributed by atoms with Crippen LogP contribution >= 0.6 is 0 Å². The van der Waals surface area contributed by atoms with Crippen molar-refractivity contribution in [1.82, 2.24) is 0 Å². The van der Waals surface area contributed by atoms with Crippen molar-refractivity contribution in [3.63, 3.8) is 0 Å². The number of halogens is 4. The first-order valence-corrected chi connectivity index (χ1v) is 0. The standard InChI is InChI=1S/2Be.4ClH/h;;4*1H/q2*+2;;;;/p-4. The predicted octanol–water partition coefficient (Wildman–Crippen LogP) is -12.7. The van der Waals surface area contributed by atoms with Gasteiger partial charge >= 0.3 is 20.2 Å². The smallest absolute Gasteiger partial charge is 1.00 e. The Morgan fingerprint density at radius 1 is 0.333 bits per heavy atom. The molecule has 0 unspecified atom stereocenters. The average Bonchev–Trinajstić information content (AvgIpc) is 0. The quantitative estimate of drug-likeness (QED) is 0.308. The Morgan fingerprint density at radius 3 is 0.333 bits per heavy atom. The van der Waals surface area contributed by atoms with Gasteiger partial charge in [0.15, 0.2) is 0 Å². The van der Waals surface area contributed by atoms with E-state index in [1.54, 1.807) is 0 Å². The minimum atomic E-state index is 0. The van der Waals surface area contributed by atoms with E-state index in [0.717, 1.165) is 0 Å². The van der Waals surface area contributed by atoms with E-state index in [0.29, 0.717) is 0 Å². The van der Waals surface area contributed by atoms with Gasteiger partial charge in [-0.1, -0.05) is 0 Å².